The maximum Gasteiger partial charge on any atom is 0.261 e. The SMILES string of the molecule is COc1ccc(S(=O)(=O)Nc2ccc(C(C)C)cc2)cc1NC(=O)c1ccccc1F. The molecule has 0 bridgehead atoms. The second-order valence-electron chi connectivity index (χ2n) is 7.18. The van der Waals surface area contributed by atoms with Gasteiger partial charge >= 0.3 is 0 Å². The molecule has 3 aromatic carbocycles. The lowest BCUT2D eigenvalue weighted by Crippen LogP contribution is -2.16. The van der Waals surface area contributed by atoms with E-state index in [1.54, 1.807) is 12.1 Å². The molecular formula is C23H23FN2O4S. The maximum absolute atomic E-state index is 13.9. The molecule has 0 radical (unpaired) electrons. The predicted octanol–water partition coefficient (Wildman–Crippen LogP) is 5.01. The summed E-state index contributed by atoms with van der Waals surface area (Å²) >= 11 is 0. The van der Waals surface area contributed by atoms with Gasteiger partial charge in [0.15, 0.2) is 0 Å². The lowest BCUT2D eigenvalue weighted by atomic mass is 10.0. The number of halogens is 1. The summed E-state index contributed by atoms with van der Waals surface area (Å²) in [6.45, 7) is 4.10. The number of nitrogens with one attached hydrogen (secondary N) is 2. The molecule has 1 amide bonds. The molecule has 0 atom stereocenters. The van der Waals surface area contributed by atoms with E-state index in [2.05, 4.69) is 10.0 Å². The van der Waals surface area contributed by atoms with Crippen LogP contribution in [-0.2, 0) is 10.0 Å². The first-order valence-corrected chi connectivity index (χ1v) is 11.1. The Morgan fingerprint density at radius 1 is 1.00 bits per heavy atom. The van der Waals surface area contributed by atoms with Gasteiger partial charge in [-0.25, -0.2) is 12.8 Å². The predicted molar refractivity (Wildman–Crippen MR) is 119 cm³/mol. The van der Waals surface area contributed by atoms with Gasteiger partial charge in [0.2, 0.25) is 0 Å². The minimum absolute atomic E-state index is 0.0786. The van der Waals surface area contributed by atoms with Gasteiger partial charge < -0.3 is 10.1 Å². The van der Waals surface area contributed by atoms with Gasteiger partial charge in [-0.15, -0.1) is 0 Å². The summed E-state index contributed by atoms with van der Waals surface area (Å²) in [6, 6.07) is 16.7. The van der Waals surface area contributed by atoms with Crippen LogP contribution in [0.3, 0.4) is 0 Å². The highest BCUT2D eigenvalue weighted by molar-refractivity contribution is 7.92. The number of carbonyl (C=O) groups excluding carboxylic acids is 1. The lowest BCUT2D eigenvalue weighted by molar-refractivity contribution is 0.102. The zero-order valence-electron chi connectivity index (χ0n) is 17.3. The van der Waals surface area contributed by atoms with Crippen LogP contribution in [0.15, 0.2) is 71.6 Å². The smallest absolute Gasteiger partial charge is 0.261 e. The van der Waals surface area contributed by atoms with Crippen LogP contribution < -0.4 is 14.8 Å². The number of rotatable bonds is 7. The number of ether oxygens (including phenoxy) is 1. The Balaban J connectivity index is 1.88. The average Bonchev–Trinajstić information content (AvgIpc) is 2.74. The molecule has 0 saturated carbocycles. The van der Waals surface area contributed by atoms with Crippen LogP contribution in [0.1, 0.15) is 35.7 Å². The van der Waals surface area contributed by atoms with Crippen LogP contribution in [0.2, 0.25) is 0 Å². The molecule has 0 heterocycles. The number of amides is 1. The van der Waals surface area contributed by atoms with Crippen LogP contribution in [0.4, 0.5) is 15.8 Å². The number of hydrogen-bond acceptors (Lipinski definition) is 4. The van der Waals surface area contributed by atoms with E-state index in [0.29, 0.717) is 11.6 Å². The summed E-state index contributed by atoms with van der Waals surface area (Å²) in [7, 11) is -2.55. The van der Waals surface area contributed by atoms with E-state index < -0.39 is 21.7 Å². The molecule has 3 rings (SSSR count). The largest absolute Gasteiger partial charge is 0.495 e. The van der Waals surface area contributed by atoms with Crippen LogP contribution in [0, 0.1) is 5.82 Å². The summed E-state index contributed by atoms with van der Waals surface area (Å²) in [6.07, 6.45) is 0. The first kappa shape index (κ1) is 22.3. The monoisotopic (exact) mass is 442 g/mol. The fourth-order valence-electron chi connectivity index (χ4n) is 2.94. The van der Waals surface area contributed by atoms with Crippen molar-refractivity contribution in [3.63, 3.8) is 0 Å². The number of anilines is 2. The van der Waals surface area contributed by atoms with E-state index in [9.17, 15) is 17.6 Å². The lowest BCUT2D eigenvalue weighted by Gasteiger charge is -2.14. The third kappa shape index (κ3) is 5.21. The molecule has 31 heavy (non-hydrogen) atoms. The van der Waals surface area contributed by atoms with Gasteiger partial charge in [0.1, 0.15) is 11.6 Å². The van der Waals surface area contributed by atoms with Crippen molar-refractivity contribution in [1.29, 1.82) is 0 Å². The van der Waals surface area contributed by atoms with E-state index in [4.69, 9.17) is 4.74 Å². The number of methoxy groups -OCH3 is 1. The highest BCUT2D eigenvalue weighted by Crippen LogP contribution is 2.29. The van der Waals surface area contributed by atoms with Crippen LogP contribution in [-0.4, -0.2) is 21.4 Å². The van der Waals surface area contributed by atoms with Gasteiger partial charge in [-0.2, -0.15) is 0 Å². The van der Waals surface area contributed by atoms with Crippen molar-refractivity contribution in [3.8, 4) is 5.75 Å². The van der Waals surface area contributed by atoms with Crippen molar-refractivity contribution in [2.24, 2.45) is 0 Å². The molecule has 0 aliphatic rings. The summed E-state index contributed by atoms with van der Waals surface area (Å²) in [5.41, 5.74) is 1.44. The molecule has 6 nitrogen and oxygen atoms in total. The molecule has 0 saturated heterocycles. The number of hydrogen-bond donors (Lipinski definition) is 2. The Morgan fingerprint density at radius 2 is 1.68 bits per heavy atom. The second kappa shape index (κ2) is 9.18. The summed E-state index contributed by atoms with van der Waals surface area (Å²) < 4.78 is 47.4. The summed E-state index contributed by atoms with van der Waals surface area (Å²) in [4.78, 5) is 12.4. The third-order valence-corrected chi connectivity index (χ3v) is 6.06. The van der Waals surface area contributed by atoms with E-state index >= 15 is 0 Å². The van der Waals surface area contributed by atoms with Gasteiger partial charge in [-0.05, 0) is 53.9 Å². The van der Waals surface area contributed by atoms with E-state index in [1.807, 2.05) is 26.0 Å². The Kier molecular flexibility index (Phi) is 6.60. The van der Waals surface area contributed by atoms with Crippen LogP contribution in [0.5, 0.6) is 5.75 Å². The molecule has 0 aromatic heterocycles. The molecule has 0 spiro atoms. The number of carbonyl (C=O) groups is 1. The molecule has 2 N–H and O–H groups in total. The topological polar surface area (TPSA) is 84.5 Å². The molecule has 0 aliphatic carbocycles. The molecule has 0 unspecified atom stereocenters. The van der Waals surface area contributed by atoms with Crippen molar-refractivity contribution < 1.29 is 22.3 Å². The maximum atomic E-state index is 13.9. The highest BCUT2D eigenvalue weighted by atomic mass is 32.2. The molecule has 162 valence electrons. The van der Waals surface area contributed by atoms with Crippen LogP contribution >= 0.6 is 0 Å². The molecule has 3 aromatic rings. The van der Waals surface area contributed by atoms with E-state index in [-0.39, 0.29) is 21.9 Å². The van der Waals surface area contributed by atoms with Gasteiger partial charge in [-0.3, -0.25) is 9.52 Å². The second-order valence-corrected chi connectivity index (χ2v) is 8.86. The Morgan fingerprint density at radius 3 is 2.29 bits per heavy atom. The standard InChI is InChI=1S/C23H23FN2O4S/c1-15(2)16-8-10-17(11-9-16)26-31(28,29)18-12-13-22(30-3)21(14-18)25-23(27)19-6-4-5-7-20(19)24/h4-15,26H,1-3H3,(H,25,27). The van der Waals surface area contributed by atoms with Gasteiger partial charge in [0.25, 0.3) is 15.9 Å². The minimum Gasteiger partial charge on any atom is -0.495 e. The third-order valence-electron chi connectivity index (χ3n) is 4.68. The zero-order chi connectivity index (χ0) is 22.6. The quantitative estimate of drug-likeness (QED) is 0.539. The molecular weight excluding hydrogens is 419 g/mol. The number of sulfonamides is 1. The first-order valence-electron chi connectivity index (χ1n) is 9.58. The van der Waals surface area contributed by atoms with Crippen molar-refractivity contribution >= 4 is 27.3 Å². The van der Waals surface area contributed by atoms with Gasteiger partial charge in [0, 0.05) is 5.69 Å². The van der Waals surface area contributed by atoms with E-state index in [1.165, 1.54) is 49.6 Å². The van der Waals surface area contributed by atoms with Crippen LogP contribution in [0.25, 0.3) is 0 Å². The minimum atomic E-state index is -3.93. The Bertz CT molecular complexity index is 1190. The van der Waals surface area contributed by atoms with Gasteiger partial charge in [-0.1, -0.05) is 38.1 Å². The van der Waals surface area contributed by atoms with E-state index in [0.717, 1.165) is 5.56 Å². The van der Waals surface area contributed by atoms with Crippen molar-refractivity contribution in [2.75, 3.05) is 17.1 Å². The van der Waals surface area contributed by atoms with Crippen molar-refractivity contribution in [1.82, 2.24) is 0 Å². The summed E-state index contributed by atoms with van der Waals surface area (Å²) in [5.74, 6) is -0.838. The normalized spacial score (nSPS) is 11.3. The average molecular weight is 443 g/mol. The molecule has 0 aliphatic heterocycles. The van der Waals surface area contributed by atoms with Crippen molar-refractivity contribution in [2.45, 2.75) is 24.7 Å². The molecule has 8 heteroatoms. The number of benzene rings is 3. The first-order chi connectivity index (χ1) is 14.7. The summed E-state index contributed by atoms with van der Waals surface area (Å²) in [5, 5.41) is 2.52. The zero-order valence-corrected chi connectivity index (χ0v) is 18.2. The Labute approximate surface area is 181 Å². The highest BCUT2D eigenvalue weighted by Gasteiger charge is 2.19. The Hall–Kier alpha value is -3.39. The molecule has 0 fully saturated rings. The van der Waals surface area contributed by atoms with Gasteiger partial charge in [0.05, 0.1) is 23.3 Å². The fourth-order valence-corrected chi connectivity index (χ4v) is 4.02. The van der Waals surface area contributed by atoms with Crippen molar-refractivity contribution in [3.05, 3.63) is 83.7 Å². The fraction of sp³-hybridized carbons (Fsp3) is 0.174.